The summed E-state index contributed by atoms with van der Waals surface area (Å²) in [7, 11) is 0. The molecular weight excluding hydrogens is 256 g/mol. The molecule has 20 heavy (non-hydrogen) atoms. The maximum absolute atomic E-state index is 12.0. The van der Waals surface area contributed by atoms with Crippen molar-refractivity contribution in [2.75, 3.05) is 0 Å². The van der Waals surface area contributed by atoms with Crippen molar-refractivity contribution in [3.8, 4) is 0 Å². The van der Waals surface area contributed by atoms with Crippen molar-refractivity contribution in [2.45, 2.75) is 46.7 Å². The molecule has 0 spiro atoms. The Balaban J connectivity index is 2.09. The molecule has 2 aromatic heterocycles. The molecule has 2 N–H and O–H groups in total. The van der Waals surface area contributed by atoms with Crippen LogP contribution in [0.4, 0.5) is 0 Å². The second-order valence-electron chi connectivity index (χ2n) is 4.83. The zero-order valence-electron chi connectivity index (χ0n) is 12.3. The molecule has 6 heteroatoms. The van der Waals surface area contributed by atoms with Crippen LogP contribution in [0.3, 0.4) is 0 Å². The standard InChI is InChI=1S/C14H20N4O2/c1-5-11-6-16-12(20-11)7-15-8(2)13-9(3)17-10(4)18-14(13)19/h6,8,15H,5,7H2,1-4H3,(H,17,18,19). The van der Waals surface area contributed by atoms with E-state index >= 15 is 0 Å². The van der Waals surface area contributed by atoms with Crippen LogP contribution in [-0.2, 0) is 13.0 Å². The normalized spacial score (nSPS) is 12.6. The minimum absolute atomic E-state index is 0.100. The lowest BCUT2D eigenvalue weighted by molar-refractivity contribution is 0.422. The van der Waals surface area contributed by atoms with Crippen LogP contribution in [0.15, 0.2) is 15.4 Å². The molecule has 0 radical (unpaired) electrons. The quantitative estimate of drug-likeness (QED) is 0.869. The molecule has 0 bridgehead atoms. The molecule has 2 heterocycles. The van der Waals surface area contributed by atoms with Crippen molar-refractivity contribution < 1.29 is 4.42 Å². The first kappa shape index (κ1) is 14.5. The summed E-state index contributed by atoms with van der Waals surface area (Å²) >= 11 is 0. The van der Waals surface area contributed by atoms with Gasteiger partial charge in [-0.1, -0.05) is 6.92 Å². The monoisotopic (exact) mass is 276 g/mol. The van der Waals surface area contributed by atoms with Gasteiger partial charge in [-0.25, -0.2) is 9.97 Å². The molecule has 0 saturated heterocycles. The molecule has 108 valence electrons. The topological polar surface area (TPSA) is 83.8 Å². The van der Waals surface area contributed by atoms with Crippen molar-refractivity contribution in [1.82, 2.24) is 20.3 Å². The maximum atomic E-state index is 12.0. The van der Waals surface area contributed by atoms with Crippen LogP contribution in [0, 0.1) is 13.8 Å². The Kier molecular flexibility index (Phi) is 4.34. The average Bonchev–Trinajstić information content (AvgIpc) is 2.83. The van der Waals surface area contributed by atoms with E-state index < -0.39 is 0 Å². The average molecular weight is 276 g/mol. The Morgan fingerprint density at radius 3 is 2.80 bits per heavy atom. The first-order valence-corrected chi connectivity index (χ1v) is 6.75. The van der Waals surface area contributed by atoms with Crippen LogP contribution >= 0.6 is 0 Å². The molecule has 0 aliphatic carbocycles. The minimum Gasteiger partial charge on any atom is -0.444 e. The number of aryl methyl sites for hydroxylation is 3. The second kappa shape index (κ2) is 6.00. The smallest absolute Gasteiger partial charge is 0.255 e. The Labute approximate surface area is 117 Å². The number of H-pyrrole nitrogens is 1. The Hall–Kier alpha value is -1.95. The van der Waals surface area contributed by atoms with E-state index in [4.69, 9.17) is 4.42 Å². The van der Waals surface area contributed by atoms with Crippen molar-refractivity contribution in [3.63, 3.8) is 0 Å². The number of aromatic amines is 1. The summed E-state index contributed by atoms with van der Waals surface area (Å²) in [6.07, 6.45) is 2.55. The van der Waals surface area contributed by atoms with E-state index in [9.17, 15) is 4.79 Å². The molecule has 2 rings (SSSR count). The molecule has 0 aliphatic rings. The molecule has 0 aromatic carbocycles. The number of hydrogen-bond acceptors (Lipinski definition) is 5. The van der Waals surface area contributed by atoms with E-state index in [2.05, 4.69) is 20.3 Å². The molecule has 0 fully saturated rings. The van der Waals surface area contributed by atoms with Crippen molar-refractivity contribution in [2.24, 2.45) is 0 Å². The van der Waals surface area contributed by atoms with Crippen LogP contribution in [0.1, 0.15) is 48.6 Å². The van der Waals surface area contributed by atoms with Gasteiger partial charge in [0.05, 0.1) is 18.3 Å². The summed E-state index contributed by atoms with van der Waals surface area (Å²) in [5.41, 5.74) is 1.29. The third kappa shape index (κ3) is 3.14. The van der Waals surface area contributed by atoms with Gasteiger partial charge in [-0.05, 0) is 20.8 Å². The first-order valence-electron chi connectivity index (χ1n) is 6.75. The summed E-state index contributed by atoms with van der Waals surface area (Å²) in [4.78, 5) is 23.2. The number of nitrogens with one attached hydrogen (secondary N) is 2. The van der Waals surface area contributed by atoms with Crippen LogP contribution in [0.25, 0.3) is 0 Å². The highest BCUT2D eigenvalue weighted by Crippen LogP contribution is 2.12. The summed E-state index contributed by atoms with van der Waals surface area (Å²) in [6, 6.07) is -0.121. The van der Waals surface area contributed by atoms with E-state index in [1.165, 1.54) is 0 Å². The van der Waals surface area contributed by atoms with Crippen LogP contribution in [-0.4, -0.2) is 15.0 Å². The molecule has 0 aliphatic heterocycles. The number of oxazole rings is 1. The Bertz CT molecular complexity index is 645. The van der Waals surface area contributed by atoms with Gasteiger partial charge in [0.1, 0.15) is 11.6 Å². The number of nitrogens with zero attached hydrogens (tertiary/aromatic N) is 2. The highest BCUT2D eigenvalue weighted by Gasteiger charge is 2.15. The summed E-state index contributed by atoms with van der Waals surface area (Å²) in [5, 5.41) is 3.24. The third-order valence-electron chi connectivity index (χ3n) is 3.21. The van der Waals surface area contributed by atoms with Crippen LogP contribution in [0.2, 0.25) is 0 Å². The zero-order valence-corrected chi connectivity index (χ0v) is 12.3. The lowest BCUT2D eigenvalue weighted by Crippen LogP contribution is -2.27. The van der Waals surface area contributed by atoms with Crippen molar-refractivity contribution >= 4 is 0 Å². The molecule has 2 aromatic rings. The Morgan fingerprint density at radius 1 is 1.45 bits per heavy atom. The van der Waals surface area contributed by atoms with Gasteiger partial charge in [0.15, 0.2) is 0 Å². The van der Waals surface area contributed by atoms with Crippen LogP contribution in [0.5, 0.6) is 0 Å². The van der Waals surface area contributed by atoms with Gasteiger partial charge in [0.25, 0.3) is 5.56 Å². The highest BCUT2D eigenvalue weighted by atomic mass is 16.4. The van der Waals surface area contributed by atoms with Crippen molar-refractivity contribution in [3.05, 3.63) is 45.3 Å². The van der Waals surface area contributed by atoms with Gasteiger partial charge < -0.3 is 14.7 Å². The predicted molar refractivity (Wildman–Crippen MR) is 75.5 cm³/mol. The van der Waals surface area contributed by atoms with E-state index in [0.717, 1.165) is 17.9 Å². The molecular formula is C14H20N4O2. The van der Waals surface area contributed by atoms with Gasteiger partial charge in [-0.2, -0.15) is 0 Å². The third-order valence-corrected chi connectivity index (χ3v) is 3.21. The fraction of sp³-hybridized carbons (Fsp3) is 0.500. The van der Waals surface area contributed by atoms with Crippen molar-refractivity contribution in [1.29, 1.82) is 0 Å². The second-order valence-corrected chi connectivity index (χ2v) is 4.83. The van der Waals surface area contributed by atoms with Gasteiger partial charge in [0, 0.05) is 18.2 Å². The largest absolute Gasteiger partial charge is 0.444 e. The minimum atomic E-state index is -0.121. The fourth-order valence-electron chi connectivity index (χ4n) is 2.18. The number of hydrogen-bond donors (Lipinski definition) is 2. The van der Waals surface area contributed by atoms with E-state index in [0.29, 0.717) is 23.8 Å². The molecule has 6 nitrogen and oxygen atoms in total. The molecule has 1 unspecified atom stereocenters. The lowest BCUT2D eigenvalue weighted by atomic mass is 10.1. The SMILES string of the molecule is CCc1cnc(CNC(C)c2c(C)nc(C)[nH]c2=O)o1. The summed E-state index contributed by atoms with van der Waals surface area (Å²) in [6.45, 7) is 8.04. The van der Waals surface area contributed by atoms with Gasteiger partial charge in [0.2, 0.25) is 5.89 Å². The summed E-state index contributed by atoms with van der Waals surface area (Å²) in [5.74, 6) is 2.12. The van der Waals surface area contributed by atoms with E-state index in [1.807, 2.05) is 20.8 Å². The molecule has 0 amide bonds. The fourth-order valence-corrected chi connectivity index (χ4v) is 2.18. The van der Waals surface area contributed by atoms with Gasteiger partial charge >= 0.3 is 0 Å². The lowest BCUT2D eigenvalue weighted by Gasteiger charge is -2.14. The maximum Gasteiger partial charge on any atom is 0.255 e. The van der Waals surface area contributed by atoms with E-state index in [-0.39, 0.29) is 11.6 Å². The van der Waals surface area contributed by atoms with Crippen LogP contribution < -0.4 is 10.9 Å². The highest BCUT2D eigenvalue weighted by molar-refractivity contribution is 5.20. The molecule has 1 atom stereocenters. The number of aromatic nitrogens is 3. The predicted octanol–water partition coefficient (Wildman–Crippen LogP) is 1.79. The zero-order chi connectivity index (χ0) is 14.7. The Morgan fingerprint density at radius 2 is 2.20 bits per heavy atom. The molecule has 0 saturated carbocycles. The van der Waals surface area contributed by atoms with Gasteiger partial charge in [-0.15, -0.1) is 0 Å². The first-order chi connectivity index (χ1) is 9.51. The van der Waals surface area contributed by atoms with Gasteiger partial charge in [-0.3, -0.25) is 4.79 Å². The number of rotatable bonds is 5. The van der Waals surface area contributed by atoms with E-state index in [1.54, 1.807) is 13.1 Å². The summed E-state index contributed by atoms with van der Waals surface area (Å²) < 4.78 is 5.52.